The lowest BCUT2D eigenvalue weighted by molar-refractivity contribution is -0.142. The molecule has 2 saturated heterocycles. The SMILES string of the molecule is CC[C@H](NC(C)=O)C(=O)N[C@@H](Cc1ccc(Cl)cc1)C(=O)N[C@@H](Cc1c[nH]c2ccccc12)C(=O)N[C@@H](CC(=O)O)C(=O)N[C@@H]1CSSC[C@H](C(=O)N2CCC[C@H]2C(=O)N[C@@H](C)C(N)=O)NC(=O)[C@@H](CC(C)C)NC(=O)[C@@H](CCCN=C(N)N)NC1=O. The van der Waals surface area contributed by atoms with Gasteiger partial charge in [0.05, 0.1) is 6.42 Å². The molecule has 0 bridgehead atoms. The highest BCUT2D eigenvalue weighted by Crippen LogP contribution is 2.27. The third-order valence-corrected chi connectivity index (χ3v) is 16.8. The Bertz CT molecular complexity index is 3020. The molecule has 1 aromatic heterocycles. The van der Waals surface area contributed by atoms with E-state index in [1.165, 1.54) is 18.7 Å². The number of aliphatic imine (C=N–C) groups is 1. The minimum atomic E-state index is -1.94. The highest BCUT2D eigenvalue weighted by atomic mass is 35.5. The molecule has 11 amide bonds. The summed E-state index contributed by atoms with van der Waals surface area (Å²) in [5.74, 6) is -11.5. The van der Waals surface area contributed by atoms with Crippen LogP contribution in [0.2, 0.25) is 5.02 Å². The van der Waals surface area contributed by atoms with Gasteiger partial charge in [-0.05, 0) is 80.7 Å². The Balaban J connectivity index is 1.49. The lowest BCUT2D eigenvalue weighted by atomic mass is 10.0. The van der Waals surface area contributed by atoms with Crippen LogP contribution in [-0.2, 0) is 70.4 Å². The summed E-state index contributed by atoms with van der Waals surface area (Å²) >= 11 is 6.15. The molecule has 0 saturated carbocycles. The zero-order chi connectivity index (χ0) is 64.1. The molecule has 17 N–H and O–H groups in total. The fourth-order valence-electron chi connectivity index (χ4n) is 9.63. The number of aromatic amines is 1. The number of hydrogen-bond acceptors (Lipinski definition) is 15. The molecule has 2 fully saturated rings. The third-order valence-electron chi connectivity index (χ3n) is 14.2. The van der Waals surface area contributed by atoms with Gasteiger partial charge in [0.2, 0.25) is 65.0 Å². The number of halogens is 1. The van der Waals surface area contributed by atoms with Gasteiger partial charge in [0, 0.05) is 66.5 Å². The first-order valence-electron chi connectivity index (χ1n) is 28.4. The fraction of sp³-hybridized carbons (Fsp3) is 0.518. The number of likely N-dealkylation sites (tertiary alicyclic amines) is 1. The maximum Gasteiger partial charge on any atom is 0.305 e. The Morgan fingerprint density at radius 3 is 2.01 bits per heavy atom. The standard InChI is InChI=1S/C56H78ClN15O13S2/c1-6-35(64-30(5)73)47(77)67-39(22-31-15-17-33(57)18-16-31)50(80)68-40(23-32-25-62-36-12-8-7-11-34(32)36)51(81)69-41(24-45(74)75)52(82)70-42-26-86-87-27-43(55(85)72-20-10-14-44(72)54(84)63-29(4)46(58)76)71-49(79)38(21-28(2)3)66-48(78)37(65-53(42)83)13-9-19-61-56(59)60/h7-8,11-12,15-18,25,28-29,35,37-44,62H,6,9-10,13-14,19-24,26-27H2,1-5H3,(H2,58,76)(H,63,84)(H,64,73)(H,65,83)(H,66,78)(H,67,77)(H,68,80)(H,69,81)(H,70,82)(H,71,79)(H,74,75)(H4,59,60,61)/t29-,35-,37+,38+,39-,40-,41-,42+,43+,44-/m0/s1. The van der Waals surface area contributed by atoms with Crippen LogP contribution in [0.25, 0.3) is 10.9 Å². The average molecular weight is 1270 g/mol. The van der Waals surface area contributed by atoms with Gasteiger partial charge in [-0.15, -0.1) is 0 Å². The molecule has 0 unspecified atom stereocenters. The Kier molecular flexibility index (Phi) is 27.0. The maximum absolute atomic E-state index is 14.8. The van der Waals surface area contributed by atoms with Crippen molar-refractivity contribution in [1.82, 2.24) is 57.7 Å². The van der Waals surface area contributed by atoms with Gasteiger partial charge in [-0.3, -0.25) is 62.5 Å². The lowest BCUT2D eigenvalue weighted by Crippen LogP contribution is -2.61. The van der Waals surface area contributed by atoms with Gasteiger partial charge in [-0.25, -0.2) is 0 Å². The van der Waals surface area contributed by atoms with Crippen molar-refractivity contribution in [1.29, 1.82) is 0 Å². The molecule has 0 aliphatic carbocycles. The highest BCUT2D eigenvalue weighted by molar-refractivity contribution is 8.76. The van der Waals surface area contributed by atoms with Crippen LogP contribution >= 0.6 is 33.2 Å². The van der Waals surface area contributed by atoms with E-state index in [0.29, 0.717) is 33.5 Å². The van der Waals surface area contributed by atoms with Crippen LogP contribution in [0.1, 0.15) is 90.7 Å². The molecule has 474 valence electrons. The number of carbonyl (C=O) groups excluding carboxylic acids is 11. The van der Waals surface area contributed by atoms with Crippen molar-refractivity contribution in [2.75, 3.05) is 24.6 Å². The second kappa shape index (κ2) is 33.7. The number of carbonyl (C=O) groups is 12. The number of para-hydroxylation sites is 1. The Hall–Kier alpha value is -8.12. The number of guanidine groups is 1. The summed E-state index contributed by atoms with van der Waals surface area (Å²) < 4.78 is 0. The second-order valence-corrected chi connectivity index (χ2v) is 24.5. The van der Waals surface area contributed by atoms with Gasteiger partial charge in [0.1, 0.15) is 60.4 Å². The van der Waals surface area contributed by atoms with E-state index in [0.717, 1.165) is 21.6 Å². The molecule has 5 rings (SSSR count). The molecule has 3 heterocycles. The number of nitrogens with one attached hydrogen (secondary N) is 10. The Labute approximate surface area is 515 Å². The highest BCUT2D eigenvalue weighted by Gasteiger charge is 2.41. The molecule has 0 spiro atoms. The number of amides is 11. The van der Waals surface area contributed by atoms with E-state index in [1.54, 1.807) is 75.5 Å². The quantitative estimate of drug-likeness (QED) is 0.0196. The number of benzene rings is 2. The fourth-order valence-corrected chi connectivity index (χ4v) is 12.1. The van der Waals surface area contributed by atoms with Gasteiger partial charge in [-0.1, -0.05) is 84.3 Å². The minimum absolute atomic E-state index is 0.0131. The molecule has 3 aromatic rings. The van der Waals surface area contributed by atoms with E-state index >= 15 is 0 Å². The van der Waals surface area contributed by atoms with Crippen LogP contribution in [0.15, 0.2) is 59.7 Å². The summed E-state index contributed by atoms with van der Waals surface area (Å²) in [5, 5.41) is 34.8. The van der Waals surface area contributed by atoms with Gasteiger partial charge in [0.25, 0.3) is 0 Å². The van der Waals surface area contributed by atoms with E-state index in [-0.39, 0.29) is 81.4 Å². The number of fused-ring (bicyclic) bond motifs is 1. The third kappa shape index (κ3) is 21.7. The molecular formula is C56H78ClN15O13S2. The Morgan fingerprint density at radius 1 is 0.759 bits per heavy atom. The molecule has 28 nitrogen and oxygen atoms in total. The van der Waals surface area contributed by atoms with Crippen LogP contribution < -0.4 is 65.1 Å². The minimum Gasteiger partial charge on any atom is -0.481 e. The smallest absolute Gasteiger partial charge is 0.305 e. The monoisotopic (exact) mass is 1270 g/mol. The summed E-state index contributed by atoms with van der Waals surface area (Å²) in [4.78, 5) is 173. The van der Waals surface area contributed by atoms with Crippen molar-refractivity contribution in [3.05, 3.63) is 70.9 Å². The number of rotatable bonds is 26. The molecule has 10 atom stereocenters. The van der Waals surface area contributed by atoms with E-state index < -0.39 is 138 Å². The number of nitrogens with zero attached hydrogens (tertiary/aromatic N) is 2. The summed E-state index contributed by atoms with van der Waals surface area (Å²) in [6, 6.07) is -0.170. The van der Waals surface area contributed by atoms with Gasteiger partial charge >= 0.3 is 5.97 Å². The first-order valence-corrected chi connectivity index (χ1v) is 31.2. The molecule has 2 aliphatic heterocycles. The normalized spacial score (nSPS) is 20.1. The van der Waals surface area contributed by atoms with Crippen LogP contribution in [0.4, 0.5) is 0 Å². The zero-order valence-corrected chi connectivity index (χ0v) is 51.3. The molecule has 87 heavy (non-hydrogen) atoms. The summed E-state index contributed by atoms with van der Waals surface area (Å²) in [7, 11) is 1.96. The zero-order valence-electron chi connectivity index (χ0n) is 48.9. The number of nitrogens with two attached hydrogens (primary N) is 3. The van der Waals surface area contributed by atoms with Crippen LogP contribution in [-0.4, -0.2) is 177 Å². The van der Waals surface area contributed by atoms with E-state index in [2.05, 4.69) is 57.8 Å². The van der Waals surface area contributed by atoms with Crippen molar-refractivity contribution in [2.24, 2.45) is 28.1 Å². The van der Waals surface area contributed by atoms with Crippen LogP contribution in [0.3, 0.4) is 0 Å². The molecular weight excluding hydrogens is 1190 g/mol. The first-order chi connectivity index (χ1) is 41.2. The van der Waals surface area contributed by atoms with Gasteiger partial charge in [-0.2, -0.15) is 0 Å². The van der Waals surface area contributed by atoms with Crippen LogP contribution in [0.5, 0.6) is 0 Å². The first kappa shape index (κ1) is 69.6. The average Bonchev–Trinajstić information content (AvgIpc) is 3.00. The maximum atomic E-state index is 14.8. The number of aromatic nitrogens is 1. The predicted octanol–water partition coefficient (Wildman–Crippen LogP) is -1.13. The number of aliphatic carboxylic acids is 1. The van der Waals surface area contributed by atoms with Crippen molar-refractivity contribution in [3.8, 4) is 0 Å². The van der Waals surface area contributed by atoms with E-state index in [4.69, 9.17) is 28.8 Å². The topological polar surface area (TPSA) is 443 Å². The predicted molar refractivity (Wildman–Crippen MR) is 327 cm³/mol. The Morgan fingerprint density at radius 2 is 1.38 bits per heavy atom. The van der Waals surface area contributed by atoms with E-state index in [1.807, 2.05) is 0 Å². The molecule has 2 aromatic carbocycles. The van der Waals surface area contributed by atoms with Crippen molar-refractivity contribution < 1.29 is 62.6 Å². The lowest BCUT2D eigenvalue weighted by Gasteiger charge is -2.31. The van der Waals surface area contributed by atoms with Crippen molar-refractivity contribution >= 4 is 121 Å². The van der Waals surface area contributed by atoms with Gasteiger partial charge < -0.3 is 80.0 Å². The molecule has 0 radical (unpaired) electrons. The molecule has 31 heteroatoms. The number of H-pyrrole nitrogens is 1. The number of hydrogen-bond donors (Lipinski definition) is 14. The second-order valence-electron chi connectivity index (χ2n) is 21.6. The largest absolute Gasteiger partial charge is 0.481 e. The van der Waals surface area contributed by atoms with Crippen LogP contribution in [0, 0.1) is 5.92 Å². The summed E-state index contributed by atoms with van der Waals surface area (Å²) in [6.07, 6.45) is 1.04. The molecule has 2 aliphatic rings. The summed E-state index contributed by atoms with van der Waals surface area (Å²) in [6.45, 7) is 7.99. The number of primary amides is 1. The van der Waals surface area contributed by atoms with Crippen molar-refractivity contribution in [3.63, 3.8) is 0 Å². The van der Waals surface area contributed by atoms with Gasteiger partial charge in [0.15, 0.2) is 5.96 Å². The van der Waals surface area contributed by atoms with E-state index in [9.17, 15) is 62.6 Å². The number of carboxylic acids is 1. The van der Waals surface area contributed by atoms with Crippen molar-refractivity contribution in [2.45, 2.75) is 153 Å². The number of carboxylic acid groups (broad SMARTS) is 1. The summed E-state index contributed by atoms with van der Waals surface area (Å²) in [5.41, 5.74) is 18.2.